The number of nitrogens with one attached hydrogen (secondary N) is 1. The molecule has 0 bridgehead atoms. The van der Waals surface area contributed by atoms with Crippen LogP contribution in [-0.2, 0) is 17.9 Å². The van der Waals surface area contributed by atoms with E-state index in [4.69, 9.17) is 0 Å². The fourth-order valence-electron chi connectivity index (χ4n) is 3.29. The topological polar surface area (TPSA) is 52.7 Å². The first-order chi connectivity index (χ1) is 15.9. The molecule has 1 unspecified atom stereocenters. The predicted molar refractivity (Wildman–Crippen MR) is 127 cm³/mol. The van der Waals surface area contributed by atoms with Crippen LogP contribution < -0.4 is 5.32 Å². The van der Waals surface area contributed by atoms with E-state index in [1.807, 2.05) is 31.4 Å². The summed E-state index contributed by atoms with van der Waals surface area (Å²) in [7, 11) is 0. The molecule has 0 fully saturated rings. The molecule has 33 heavy (non-hydrogen) atoms. The van der Waals surface area contributed by atoms with Gasteiger partial charge in [-0.1, -0.05) is 31.2 Å². The number of rotatable bonds is 9. The van der Waals surface area contributed by atoms with E-state index in [2.05, 4.69) is 5.32 Å². The van der Waals surface area contributed by atoms with E-state index in [9.17, 15) is 18.4 Å². The lowest BCUT2D eigenvalue weighted by molar-refractivity contribution is -0.133. The van der Waals surface area contributed by atoms with Crippen molar-refractivity contribution in [3.8, 4) is 0 Å². The number of anilines is 1. The van der Waals surface area contributed by atoms with E-state index < -0.39 is 11.8 Å². The molecule has 5 nitrogen and oxygen atoms in total. The first-order valence-corrected chi connectivity index (χ1v) is 11.6. The molecule has 8 heteroatoms. The number of thiophene rings is 1. The average molecular weight is 472 g/mol. The fourth-order valence-corrected chi connectivity index (χ4v) is 4.01. The molecule has 0 aliphatic rings. The quantitative estimate of drug-likeness (QED) is 0.423. The standard InChI is InChI=1S/C25H27F2N3O2S/c1-3-18(2)30(25(32)28-22-7-4-6-21(27)14-22)17-24(31)29(16-23-8-5-13-33-23)15-19-9-11-20(26)12-10-19/h4-14,18H,3,15-17H2,1-2H3,(H,28,32). The summed E-state index contributed by atoms with van der Waals surface area (Å²) in [5, 5.41) is 4.62. The normalized spacial score (nSPS) is 11.6. The number of nitrogens with zero attached hydrogens (tertiary/aromatic N) is 2. The van der Waals surface area contributed by atoms with Crippen LogP contribution >= 0.6 is 11.3 Å². The maximum atomic E-state index is 13.5. The summed E-state index contributed by atoms with van der Waals surface area (Å²) in [6.45, 7) is 4.33. The number of amides is 3. The van der Waals surface area contributed by atoms with Crippen LogP contribution in [0.1, 0.15) is 30.7 Å². The molecule has 1 atom stereocenters. The Labute approximate surface area is 196 Å². The minimum atomic E-state index is -0.471. The Hall–Kier alpha value is -3.26. The van der Waals surface area contributed by atoms with Crippen LogP contribution in [0.25, 0.3) is 0 Å². The van der Waals surface area contributed by atoms with Crippen LogP contribution in [0.5, 0.6) is 0 Å². The molecular weight excluding hydrogens is 444 g/mol. The second-order valence-electron chi connectivity index (χ2n) is 7.78. The Morgan fingerprint density at radius 3 is 2.39 bits per heavy atom. The third kappa shape index (κ3) is 7.12. The summed E-state index contributed by atoms with van der Waals surface area (Å²) in [5.74, 6) is -1.03. The molecule has 3 aromatic rings. The van der Waals surface area contributed by atoms with Gasteiger partial charge in [0.15, 0.2) is 0 Å². The van der Waals surface area contributed by atoms with Gasteiger partial charge >= 0.3 is 6.03 Å². The SMILES string of the molecule is CCC(C)N(CC(=O)N(Cc1ccc(F)cc1)Cc1cccs1)C(=O)Nc1cccc(F)c1. The van der Waals surface area contributed by atoms with Gasteiger partial charge < -0.3 is 15.1 Å². The fraction of sp³-hybridized carbons (Fsp3) is 0.280. The van der Waals surface area contributed by atoms with Crippen molar-refractivity contribution in [2.45, 2.75) is 39.4 Å². The van der Waals surface area contributed by atoms with Crippen molar-refractivity contribution in [1.82, 2.24) is 9.80 Å². The average Bonchev–Trinajstić information content (AvgIpc) is 3.31. The van der Waals surface area contributed by atoms with Gasteiger partial charge in [0.1, 0.15) is 18.2 Å². The monoisotopic (exact) mass is 471 g/mol. The molecule has 0 saturated heterocycles. The van der Waals surface area contributed by atoms with Crippen LogP contribution in [-0.4, -0.2) is 34.3 Å². The highest BCUT2D eigenvalue weighted by Gasteiger charge is 2.25. The molecular formula is C25H27F2N3O2S. The lowest BCUT2D eigenvalue weighted by Crippen LogP contribution is -2.47. The first kappa shape index (κ1) is 24.4. The minimum Gasteiger partial charge on any atom is -0.332 e. The second-order valence-corrected chi connectivity index (χ2v) is 8.81. The summed E-state index contributed by atoms with van der Waals surface area (Å²) >= 11 is 1.54. The number of halogens is 2. The largest absolute Gasteiger partial charge is 0.332 e. The van der Waals surface area contributed by atoms with Gasteiger partial charge in [-0.25, -0.2) is 13.6 Å². The van der Waals surface area contributed by atoms with E-state index >= 15 is 0 Å². The number of urea groups is 1. The van der Waals surface area contributed by atoms with Gasteiger partial charge in [-0.05, 0) is 60.7 Å². The molecule has 3 rings (SSSR count). The highest BCUT2D eigenvalue weighted by molar-refractivity contribution is 7.09. The van der Waals surface area contributed by atoms with Crippen molar-refractivity contribution in [3.05, 3.63) is 88.1 Å². The summed E-state index contributed by atoms with van der Waals surface area (Å²) in [6, 6.07) is 14.8. The molecule has 0 aliphatic heterocycles. The van der Waals surface area contributed by atoms with Gasteiger partial charge in [-0.3, -0.25) is 4.79 Å². The molecule has 0 aliphatic carbocycles. The highest BCUT2D eigenvalue weighted by atomic mass is 32.1. The molecule has 0 spiro atoms. The Balaban J connectivity index is 1.77. The lowest BCUT2D eigenvalue weighted by Gasteiger charge is -2.31. The van der Waals surface area contributed by atoms with E-state index in [0.717, 1.165) is 10.4 Å². The second kappa shape index (κ2) is 11.6. The van der Waals surface area contributed by atoms with Crippen molar-refractivity contribution >= 4 is 29.0 Å². The van der Waals surface area contributed by atoms with Gasteiger partial charge in [0.05, 0.1) is 6.54 Å². The maximum absolute atomic E-state index is 13.5. The number of hydrogen-bond acceptors (Lipinski definition) is 3. The van der Waals surface area contributed by atoms with Crippen LogP contribution in [0, 0.1) is 11.6 Å². The zero-order chi connectivity index (χ0) is 23.8. The van der Waals surface area contributed by atoms with Gasteiger partial charge in [0.2, 0.25) is 5.91 Å². The first-order valence-electron chi connectivity index (χ1n) is 10.7. The molecule has 2 aromatic carbocycles. The number of hydrogen-bond donors (Lipinski definition) is 1. The molecule has 1 heterocycles. The zero-order valence-electron chi connectivity index (χ0n) is 18.6. The molecule has 0 radical (unpaired) electrons. The van der Waals surface area contributed by atoms with E-state index in [1.165, 1.54) is 46.6 Å². The van der Waals surface area contributed by atoms with Crippen molar-refractivity contribution in [2.75, 3.05) is 11.9 Å². The van der Waals surface area contributed by atoms with Crippen molar-refractivity contribution < 1.29 is 18.4 Å². The molecule has 1 N–H and O–H groups in total. The maximum Gasteiger partial charge on any atom is 0.322 e. The van der Waals surface area contributed by atoms with Crippen LogP contribution in [0.3, 0.4) is 0 Å². The molecule has 0 saturated carbocycles. The lowest BCUT2D eigenvalue weighted by atomic mass is 10.2. The number of benzene rings is 2. The molecule has 174 valence electrons. The minimum absolute atomic E-state index is 0.136. The Kier molecular flexibility index (Phi) is 8.54. The summed E-state index contributed by atoms with van der Waals surface area (Å²) in [5.41, 5.74) is 1.11. The predicted octanol–water partition coefficient (Wildman–Crippen LogP) is 5.89. The van der Waals surface area contributed by atoms with Gasteiger partial charge in [-0.2, -0.15) is 0 Å². The Morgan fingerprint density at radius 2 is 1.76 bits per heavy atom. The van der Waals surface area contributed by atoms with E-state index in [1.54, 1.807) is 23.1 Å². The van der Waals surface area contributed by atoms with Gasteiger partial charge in [0.25, 0.3) is 0 Å². The van der Waals surface area contributed by atoms with Crippen molar-refractivity contribution in [3.63, 3.8) is 0 Å². The Bertz CT molecular complexity index is 1060. The van der Waals surface area contributed by atoms with Crippen molar-refractivity contribution in [2.24, 2.45) is 0 Å². The van der Waals surface area contributed by atoms with Gasteiger partial charge in [-0.15, -0.1) is 11.3 Å². The highest BCUT2D eigenvalue weighted by Crippen LogP contribution is 2.17. The number of carbonyl (C=O) groups is 2. The van der Waals surface area contributed by atoms with Crippen molar-refractivity contribution in [1.29, 1.82) is 0 Å². The van der Waals surface area contributed by atoms with E-state index in [-0.39, 0.29) is 30.9 Å². The summed E-state index contributed by atoms with van der Waals surface area (Å²) in [6.07, 6.45) is 0.646. The summed E-state index contributed by atoms with van der Waals surface area (Å²) < 4.78 is 26.9. The van der Waals surface area contributed by atoms with Crippen LogP contribution in [0.4, 0.5) is 19.3 Å². The zero-order valence-corrected chi connectivity index (χ0v) is 19.4. The summed E-state index contributed by atoms with van der Waals surface area (Å²) in [4.78, 5) is 30.5. The van der Waals surface area contributed by atoms with Crippen LogP contribution in [0.2, 0.25) is 0 Å². The number of carbonyl (C=O) groups excluding carboxylic acids is 2. The molecule has 3 amide bonds. The Morgan fingerprint density at radius 1 is 1.00 bits per heavy atom. The smallest absolute Gasteiger partial charge is 0.322 e. The van der Waals surface area contributed by atoms with Crippen LogP contribution in [0.15, 0.2) is 66.0 Å². The molecule has 1 aromatic heterocycles. The van der Waals surface area contributed by atoms with Gasteiger partial charge in [0, 0.05) is 23.2 Å². The third-order valence-electron chi connectivity index (χ3n) is 5.33. The third-order valence-corrected chi connectivity index (χ3v) is 6.19. The van der Waals surface area contributed by atoms with E-state index in [0.29, 0.717) is 18.7 Å².